The van der Waals surface area contributed by atoms with Crippen molar-refractivity contribution in [3.8, 4) is 0 Å². The van der Waals surface area contributed by atoms with Gasteiger partial charge in [-0.3, -0.25) is 14.6 Å². The van der Waals surface area contributed by atoms with Gasteiger partial charge in [0, 0.05) is 38.9 Å². The molecule has 6 nitrogen and oxygen atoms in total. The van der Waals surface area contributed by atoms with Crippen molar-refractivity contribution >= 4 is 11.8 Å². The number of carbonyl (C=O) groups is 2. The minimum absolute atomic E-state index is 0.0931. The van der Waals surface area contributed by atoms with E-state index in [1.165, 1.54) is 0 Å². The number of hydrogen-bond donors (Lipinski definition) is 0. The van der Waals surface area contributed by atoms with Crippen LogP contribution in [0.2, 0.25) is 0 Å². The van der Waals surface area contributed by atoms with Gasteiger partial charge in [0.1, 0.15) is 6.10 Å². The lowest BCUT2D eigenvalue weighted by atomic mass is 9.72. The van der Waals surface area contributed by atoms with Gasteiger partial charge in [-0.1, -0.05) is 13.0 Å². The molecule has 6 heteroatoms. The fraction of sp³-hybridized carbons (Fsp3) is 0.667. The molecule has 1 atom stereocenters. The zero-order valence-corrected chi connectivity index (χ0v) is 16.5. The molecule has 27 heavy (non-hydrogen) atoms. The maximum atomic E-state index is 12.6. The van der Waals surface area contributed by atoms with Gasteiger partial charge < -0.3 is 14.5 Å². The zero-order valence-electron chi connectivity index (χ0n) is 16.5. The van der Waals surface area contributed by atoms with Gasteiger partial charge in [0.25, 0.3) is 5.91 Å². The number of hydrogen-bond acceptors (Lipinski definition) is 4. The van der Waals surface area contributed by atoms with E-state index < -0.39 is 0 Å². The standard InChI is InChI=1S/C21H31N3O3/c1-3-14-27-17(2)20(26)23-12-9-21(10-13-23)8-7-19(25)24(16-21)15-18-6-4-5-11-22-18/h4-6,11,17H,3,7-10,12-16H2,1-2H3/t17-/m0/s1. The summed E-state index contributed by atoms with van der Waals surface area (Å²) in [6.07, 6.45) is 5.74. The quantitative estimate of drug-likeness (QED) is 0.769. The highest BCUT2D eigenvalue weighted by Crippen LogP contribution is 2.40. The number of ether oxygens (including phenoxy) is 1. The average molecular weight is 373 g/mol. The van der Waals surface area contributed by atoms with Crippen LogP contribution in [-0.2, 0) is 20.9 Å². The highest BCUT2D eigenvalue weighted by Gasteiger charge is 2.42. The Balaban J connectivity index is 1.56. The molecule has 0 aromatic carbocycles. The lowest BCUT2D eigenvalue weighted by molar-refractivity contribution is -0.148. The first-order chi connectivity index (χ1) is 13.0. The molecule has 2 aliphatic heterocycles. The molecule has 0 N–H and O–H groups in total. The molecule has 2 amide bonds. The maximum Gasteiger partial charge on any atom is 0.251 e. The molecule has 148 valence electrons. The molecular weight excluding hydrogens is 342 g/mol. The van der Waals surface area contributed by atoms with Gasteiger partial charge >= 0.3 is 0 Å². The van der Waals surface area contributed by atoms with Gasteiger partial charge in [-0.2, -0.15) is 0 Å². The van der Waals surface area contributed by atoms with Crippen LogP contribution in [0, 0.1) is 5.41 Å². The summed E-state index contributed by atoms with van der Waals surface area (Å²) in [6, 6.07) is 5.81. The minimum atomic E-state index is -0.368. The maximum absolute atomic E-state index is 12.6. The average Bonchev–Trinajstić information content (AvgIpc) is 2.70. The highest BCUT2D eigenvalue weighted by atomic mass is 16.5. The Kier molecular flexibility index (Phi) is 6.47. The topological polar surface area (TPSA) is 62.7 Å². The van der Waals surface area contributed by atoms with Crippen LogP contribution in [0.4, 0.5) is 0 Å². The van der Waals surface area contributed by atoms with Gasteiger partial charge in [-0.15, -0.1) is 0 Å². The number of piperidine rings is 2. The Labute approximate surface area is 161 Å². The van der Waals surface area contributed by atoms with Gasteiger partial charge in [-0.05, 0) is 50.2 Å². The second kappa shape index (κ2) is 8.83. The van der Waals surface area contributed by atoms with Crippen LogP contribution in [0.3, 0.4) is 0 Å². The molecule has 0 bridgehead atoms. The number of carbonyl (C=O) groups excluding carboxylic acids is 2. The summed E-state index contributed by atoms with van der Waals surface area (Å²) in [6.45, 7) is 7.36. The molecule has 2 fully saturated rings. The van der Waals surface area contributed by atoms with E-state index in [2.05, 4.69) is 4.98 Å². The molecule has 3 rings (SSSR count). The van der Waals surface area contributed by atoms with Crippen molar-refractivity contribution in [2.75, 3.05) is 26.2 Å². The van der Waals surface area contributed by atoms with Crippen molar-refractivity contribution in [1.29, 1.82) is 0 Å². The number of amides is 2. The van der Waals surface area contributed by atoms with E-state index in [-0.39, 0.29) is 23.3 Å². The Bertz CT molecular complexity index is 641. The second-order valence-corrected chi connectivity index (χ2v) is 7.91. The summed E-state index contributed by atoms with van der Waals surface area (Å²) in [5.74, 6) is 0.307. The lowest BCUT2D eigenvalue weighted by Crippen LogP contribution is -2.53. The van der Waals surface area contributed by atoms with Crippen LogP contribution in [0.25, 0.3) is 0 Å². The Morgan fingerprint density at radius 1 is 1.30 bits per heavy atom. The number of rotatable bonds is 6. The third-order valence-electron chi connectivity index (χ3n) is 5.88. The first kappa shape index (κ1) is 19.8. The molecule has 2 aliphatic rings. The minimum Gasteiger partial charge on any atom is -0.369 e. The molecule has 1 spiro atoms. The Morgan fingerprint density at radius 2 is 2.07 bits per heavy atom. The molecule has 2 saturated heterocycles. The van der Waals surface area contributed by atoms with Crippen LogP contribution in [0.15, 0.2) is 24.4 Å². The van der Waals surface area contributed by atoms with E-state index in [1.807, 2.05) is 41.8 Å². The van der Waals surface area contributed by atoms with Crippen LogP contribution in [0.1, 0.15) is 51.6 Å². The number of aromatic nitrogens is 1. The van der Waals surface area contributed by atoms with Crippen molar-refractivity contribution in [3.63, 3.8) is 0 Å². The number of likely N-dealkylation sites (tertiary alicyclic amines) is 2. The van der Waals surface area contributed by atoms with Gasteiger partial charge in [0.15, 0.2) is 0 Å². The predicted molar refractivity (Wildman–Crippen MR) is 103 cm³/mol. The normalized spacial score (nSPS) is 20.7. The first-order valence-corrected chi connectivity index (χ1v) is 10.1. The first-order valence-electron chi connectivity index (χ1n) is 10.1. The van der Waals surface area contributed by atoms with Crippen LogP contribution in [-0.4, -0.2) is 58.9 Å². The molecule has 1 aromatic heterocycles. The van der Waals surface area contributed by atoms with Gasteiger partial charge in [0.05, 0.1) is 12.2 Å². The summed E-state index contributed by atoms with van der Waals surface area (Å²) >= 11 is 0. The van der Waals surface area contributed by atoms with Crippen LogP contribution in [0.5, 0.6) is 0 Å². The van der Waals surface area contributed by atoms with Gasteiger partial charge in [0.2, 0.25) is 5.91 Å². The molecular formula is C21H31N3O3. The fourth-order valence-corrected chi connectivity index (χ4v) is 4.17. The lowest BCUT2D eigenvalue weighted by Gasteiger charge is -2.47. The molecule has 0 unspecified atom stereocenters. The summed E-state index contributed by atoms with van der Waals surface area (Å²) in [5, 5.41) is 0. The smallest absolute Gasteiger partial charge is 0.251 e. The number of nitrogens with zero attached hydrogens (tertiary/aromatic N) is 3. The molecule has 3 heterocycles. The summed E-state index contributed by atoms with van der Waals surface area (Å²) in [4.78, 5) is 33.2. The van der Waals surface area contributed by atoms with E-state index >= 15 is 0 Å². The fourth-order valence-electron chi connectivity index (χ4n) is 4.17. The molecule has 0 radical (unpaired) electrons. The third-order valence-corrected chi connectivity index (χ3v) is 5.88. The Hall–Kier alpha value is -1.95. The van der Waals surface area contributed by atoms with Gasteiger partial charge in [-0.25, -0.2) is 0 Å². The molecule has 1 aromatic rings. The second-order valence-electron chi connectivity index (χ2n) is 7.91. The van der Waals surface area contributed by atoms with Crippen molar-refractivity contribution in [1.82, 2.24) is 14.8 Å². The van der Waals surface area contributed by atoms with E-state index in [9.17, 15) is 9.59 Å². The molecule has 0 saturated carbocycles. The highest BCUT2D eigenvalue weighted by molar-refractivity contribution is 5.80. The van der Waals surface area contributed by atoms with E-state index in [0.29, 0.717) is 19.6 Å². The number of pyridine rings is 1. The van der Waals surface area contributed by atoms with E-state index in [0.717, 1.165) is 51.0 Å². The van der Waals surface area contributed by atoms with E-state index in [1.54, 1.807) is 6.20 Å². The SMILES string of the molecule is CCCO[C@@H](C)C(=O)N1CCC2(CCC(=O)N(Cc3ccccn3)C2)CC1. The van der Waals surface area contributed by atoms with Crippen LogP contribution < -0.4 is 0 Å². The molecule has 0 aliphatic carbocycles. The monoisotopic (exact) mass is 373 g/mol. The van der Waals surface area contributed by atoms with Crippen molar-refractivity contribution < 1.29 is 14.3 Å². The van der Waals surface area contributed by atoms with Crippen molar-refractivity contribution in [2.24, 2.45) is 5.41 Å². The third kappa shape index (κ3) is 4.86. The largest absolute Gasteiger partial charge is 0.369 e. The predicted octanol–water partition coefficient (Wildman–Crippen LogP) is 2.63. The van der Waals surface area contributed by atoms with Crippen molar-refractivity contribution in [2.45, 2.75) is 58.6 Å². The summed E-state index contributed by atoms with van der Waals surface area (Å²) in [5.41, 5.74) is 1.06. The Morgan fingerprint density at radius 3 is 2.74 bits per heavy atom. The van der Waals surface area contributed by atoms with Crippen LogP contribution >= 0.6 is 0 Å². The van der Waals surface area contributed by atoms with E-state index in [4.69, 9.17) is 4.74 Å². The summed E-state index contributed by atoms with van der Waals surface area (Å²) in [7, 11) is 0. The zero-order chi connectivity index (χ0) is 19.3. The van der Waals surface area contributed by atoms with Crippen molar-refractivity contribution in [3.05, 3.63) is 30.1 Å². The summed E-state index contributed by atoms with van der Waals surface area (Å²) < 4.78 is 5.59.